The van der Waals surface area contributed by atoms with Gasteiger partial charge in [0.25, 0.3) is 0 Å². The highest BCUT2D eigenvalue weighted by Crippen LogP contribution is 2.30. The molecule has 3 rings (SSSR count). The molecule has 23 heavy (non-hydrogen) atoms. The predicted octanol–water partition coefficient (Wildman–Crippen LogP) is 3.39. The second-order valence-electron chi connectivity index (χ2n) is 5.95. The Morgan fingerprint density at radius 1 is 1.35 bits per heavy atom. The summed E-state index contributed by atoms with van der Waals surface area (Å²) in [6.07, 6.45) is 0.628. The molecule has 0 radical (unpaired) electrons. The smallest absolute Gasteiger partial charge is 0.218 e. The molecule has 2 aromatic rings. The molecular weight excluding hydrogens is 356 g/mol. The molecule has 1 aromatic heterocycles. The first-order valence-electron chi connectivity index (χ1n) is 7.78. The van der Waals surface area contributed by atoms with Crippen molar-refractivity contribution in [1.29, 1.82) is 0 Å². The molecule has 1 aliphatic rings. The number of hydrogen-bond donors (Lipinski definition) is 1. The molecule has 0 spiro atoms. The summed E-state index contributed by atoms with van der Waals surface area (Å²) in [4.78, 5) is 6.92. The molecule has 1 aromatic carbocycles. The second-order valence-corrected chi connectivity index (χ2v) is 6.81. The van der Waals surface area contributed by atoms with Crippen LogP contribution in [0.2, 0.25) is 0 Å². The highest BCUT2D eigenvalue weighted by atomic mass is 79.9. The standard InChI is InChI=1S/C18H21BrN2O2/c1-12-15(4-3-5-16(12)19)17-7-6-13(18(20-17)23-2)10-21-9-8-14(22)11-21/h3-7,14,22H,8-11H2,1-2H3/t14-/m1/s1. The number of aromatic nitrogens is 1. The van der Waals surface area contributed by atoms with Crippen LogP contribution in [0.15, 0.2) is 34.8 Å². The van der Waals surface area contributed by atoms with E-state index in [1.54, 1.807) is 7.11 Å². The number of benzene rings is 1. The number of methoxy groups -OCH3 is 1. The normalized spacial score (nSPS) is 18.3. The fourth-order valence-corrected chi connectivity index (χ4v) is 3.36. The Bertz CT molecular complexity index is 705. The van der Waals surface area contributed by atoms with Crippen LogP contribution in [0.5, 0.6) is 5.88 Å². The lowest BCUT2D eigenvalue weighted by atomic mass is 10.0. The molecular formula is C18H21BrN2O2. The van der Waals surface area contributed by atoms with Crippen molar-refractivity contribution < 1.29 is 9.84 Å². The maximum absolute atomic E-state index is 9.66. The topological polar surface area (TPSA) is 45.6 Å². The highest BCUT2D eigenvalue weighted by Gasteiger charge is 2.21. The molecule has 2 heterocycles. The molecule has 1 atom stereocenters. The summed E-state index contributed by atoms with van der Waals surface area (Å²) in [7, 11) is 1.65. The Morgan fingerprint density at radius 3 is 2.87 bits per heavy atom. The van der Waals surface area contributed by atoms with Crippen LogP contribution in [0.25, 0.3) is 11.3 Å². The summed E-state index contributed by atoms with van der Waals surface area (Å²) >= 11 is 3.57. The minimum atomic E-state index is -0.211. The maximum atomic E-state index is 9.66. The number of ether oxygens (including phenoxy) is 1. The Balaban J connectivity index is 1.89. The monoisotopic (exact) mass is 376 g/mol. The molecule has 122 valence electrons. The van der Waals surface area contributed by atoms with E-state index >= 15 is 0 Å². The van der Waals surface area contributed by atoms with Crippen LogP contribution in [0, 0.1) is 6.92 Å². The number of aliphatic hydroxyl groups is 1. The van der Waals surface area contributed by atoms with Crippen LogP contribution in [0.4, 0.5) is 0 Å². The molecule has 5 heteroatoms. The van der Waals surface area contributed by atoms with Gasteiger partial charge in [0.2, 0.25) is 5.88 Å². The van der Waals surface area contributed by atoms with Crippen LogP contribution >= 0.6 is 15.9 Å². The fourth-order valence-electron chi connectivity index (χ4n) is 3.00. The van der Waals surface area contributed by atoms with Gasteiger partial charge in [0, 0.05) is 35.2 Å². The van der Waals surface area contributed by atoms with Crippen molar-refractivity contribution in [2.45, 2.75) is 26.0 Å². The average Bonchev–Trinajstić information content (AvgIpc) is 2.95. The number of likely N-dealkylation sites (tertiary alicyclic amines) is 1. The van der Waals surface area contributed by atoms with Gasteiger partial charge in [-0.15, -0.1) is 0 Å². The summed E-state index contributed by atoms with van der Waals surface area (Å²) in [5.74, 6) is 0.656. The Kier molecular flexibility index (Phi) is 4.99. The lowest BCUT2D eigenvalue weighted by molar-refractivity contribution is 0.174. The van der Waals surface area contributed by atoms with Crippen molar-refractivity contribution in [3.05, 3.63) is 45.9 Å². The van der Waals surface area contributed by atoms with E-state index in [9.17, 15) is 5.11 Å². The number of nitrogens with zero attached hydrogens (tertiary/aromatic N) is 2. The molecule has 0 aliphatic carbocycles. The zero-order chi connectivity index (χ0) is 16.4. The van der Waals surface area contributed by atoms with Crippen LogP contribution in [-0.4, -0.2) is 41.3 Å². The van der Waals surface area contributed by atoms with Crippen LogP contribution in [0.1, 0.15) is 17.5 Å². The molecule has 1 fully saturated rings. The predicted molar refractivity (Wildman–Crippen MR) is 94.6 cm³/mol. The van der Waals surface area contributed by atoms with Crippen molar-refractivity contribution in [1.82, 2.24) is 9.88 Å². The number of β-amino-alcohol motifs (C(OH)–C–C–N with tert-alkyl or cyclic N) is 1. The third-order valence-electron chi connectivity index (χ3n) is 4.32. The molecule has 1 saturated heterocycles. The largest absolute Gasteiger partial charge is 0.481 e. The first-order valence-corrected chi connectivity index (χ1v) is 8.57. The van der Waals surface area contributed by atoms with Gasteiger partial charge in [-0.1, -0.05) is 34.1 Å². The third kappa shape index (κ3) is 3.57. The Morgan fingerprint density at radius 2 is 2.17 bits per heavy atom. The lowest BCUT2D eigenvalue weighted by Gasteiger charge is -2.17. The Labute approximate surface area is 145 Å². The SMILES string of the molecule is COc1nc(-c2cccc(Br)c2C)ccc1CN1CC[C@@H](O)C1. The second kappa shape index (κ2) is 6.99. The minimum Gasteiger partial charge on any atom is -0.481 e. The highest BCUT2D eigenvalue weighted by molar-refractivity contribution is 9.10. The molecule has 0 bridgehead atoms. The summed E-state index contributed by atoms with van der Waals surface area (Å²) in [5.41, 5.74) is 4.22. The quantitative estimate of drug-likeness (QED) is 0.887. The zero-order valence-corrected chi connectivity index (χ0v) is 15.0. The molecule has 0 unspecified atom stereocenters. The fraction of sp³-hybridized carbons (Fsp3) is 0.389. The van der Waals surface area contributed by atoms with Gasteiger partial charge in [-0.3, -0.25) is 4.90 Å². The van der Waals surface area contributed by atoms with Gasteiger partial charge in [0.15, 0.2) is 0 Å². The van der Waals surface area contributed by atoms with Crippen molar-refractivity contribution >= 4 is 15.9 Å². The van der Waals surface area contributed by atoms with Crippen LogP contribution in [0.3, 0.4) is 0 Å². The van der Waals surface area contributed by atoms with E-state index in [0.29, 0.717) is 5.88 Å². The Hall–Kier alpha value is -1.43. The summed E-state index contributed by atoms with van der Waals surface area (Å²) in [6, 6.07) is 10.2. The van der Waals surface area contributed by atoms with E-state index in [1.165, 1.54) is 0 Å². The maximum Gasteiger partial charge on any atom is 0.218 e. The molecule has 1 aliphatic heterocycles. The van der Waals surface area contributed by atoms with Crippen molar-refractivity contribution in [3.8, 4) is 17.1 Å². The summed E-state index contributed by atoms with van der Waals surface area (Å²) in [5, 5.41) is 9.66. The summed E-state index contributed by atoms with van der Waals surface area (Å²) in [6.45, 7) is 4.46. The van der Waals surface area contributed by atoms with Crippen LogP contribution in [-0.2, 0) is 6.54 Å². The zero-order valence-electron chi connectivity index (χ0n) is 13.4. The van der Waals surface area contributed by atoms with Gasteiger partial charge in [-0.25, -0.2) is 4.98 Å². The third-order valence-corrected chi connectivity index (χ3v) is 5.18. The van der Waals surface area contributed by atoms with E-state index in [1.807, 2.05) is 18.2 Å². The van der Waals surface area contributed by atoms with E-state index < -0.39 is 0 Å². The van der Waals surface area contributed by atoms with Gasteiger partial charge >= 0.3 is 0 Å². The minimum absolute atomic E-state index is 0.211. The van der Waals surface area contributed by atoms with Crippen molar-refractivity contribution in [2.75, 3.05) is 20.2 Å². The van der Waals surface area contributed by atoms with Gasteiger partial charge in [0.05, 0.1) is 18.9 Å². The molecule has 0 saturated carbocycles. The first kappa shape index (κ1) is 16.4. The number of rotatable bonds is 4. The van der Waals surface area contributed by atoms with Crippen LogP contribution < -0.4 is 4.74 Å². The number of hydrogen-bond acceptors (Lipinski definition) is 4. The molecule has 1 N–H and O–H groups in total. The number of halogens is 1. The van der Waals surface area contributed by atoms with E-state index in [0.717, 1.165) is 52.9 Å². The molecule has 0 amide bonds. The summed E-state index contributed by atoms with van der Waals surface area (Å²) < 4.78 is 6.58. The first-order chi connectivity index (χ1) is 11.1. The number of pyridine rings is 1. The van der Waals surface area contributed by atoms with Crippen molar-refractivity contribution in [2.24, 2.45) is 0 Å². The van der Waals surface area contributed by atoms with Crippen molar-refractivity contribution in [3.63, 3.8) is 0 Å². The van der Waals surface area contributed by atoms with E-state index in [4.69, 9.17) is 9.72 Å². The van der Waals surface area contributed by atoms with Gasteiger partial charge in [0.1, 0.15) is 0 Å². The van der Waals surface area contributed by atoms with Gasteiger partial charge in [-0.05, 0) is 31.0 Å². The lowest BCUT2D eigenvalue weighted by Crippen LogP contribution is -2.22. The molecule has 4 nitrogen and oxygen atoms in total. The van der Waals surface area contributed by atoms with Gasteiger partial charge in [-0.2, -0.15) is 0 Å². The average molecular weight is 377 g/mol. The van der Waals surface area contributed by atoms with E-state index in [-0.39, 0.29) is 6.10 Å². The van der Waals surface area contributed by atoms with E-state index in [2.05, 4.69) is 39.9 Å². The van der Waals surface area contributed by atoms with Gasteiger partial charge < -0.3 is 9.84 Å². The number of aliphatic hydroxyl groups excluding tert-OH is 1.